The lowest BCUT2D eigenvalue weighted by molar-refractivity contribution is -0.126. The molecule has 1 N–H and O–H groups in total. The molecule has 196 valence electrons. The molecule has 3 heterocycles. The molecule has 2 aromatic heterocycles. The molecule has 0 saturated carbocycles. The van der Waals surface area contributed by atoms with Crippen LogP contribution in [0, 0.1) is 0 Å². The van der Waals surface area contributed by atoms with Crippen molar-refractivity contribution in [3.8, 4) is 17.4 Å². The smallest absolute Gasteiger partial charge is 0.410 e. The maximum absolute atomic E-state index is 13.2. The van der Waals surface area contributed by atoms with E-state index in [0.29, 0.717) is 42.8 Å². The van der Waals surface area contributed by atoms with E-state index in [1.165, 1.54) is 12.0 Å². The summed E-state index contributed by atoms with van der Waals surface area (Å²) < 4.78 is 17.2. The van der Waals surface area contributed by atoms with Crippen molar-refractivity contribution < 1.29 is 23.8 Å². The van der Waals surface area contributed by atoms with Gasteiger partial charge in [-0.3, -0.25) is 14.3 Å². The quantitative estimate of drug-likeness (QED) is 0.436. The van der Waals surface area contributed by atoms with E-state index in [-0.39, 0.29) is 24.1 Å². The average Bonchev–Trinajstić information content (AvgIpc) is 3.47. The standard InChI is InChI=1S/C24H28ClN7O5/c1-35-18-5-4-16(12-19(18)36-2)6-7-27-22(33)17-14-30(10-11-32(17)24(34)37-3)21-13-20(25)28-23(29-21)31-9-8-26-15-31/h4-5,8-9,12-13,15,17H,6-7,10-11,14H2,1-3H3,(H,27,33). The third-order valence-electron chi connectivity index (χ3n) is 5.98. The van der Waals surface area contributed by atoms with E-state index in [0.717, 1.165) is 5.56 Å². The van der Waals surface area contributed by atoms with Gasteiger partial charge in [0.25, 0.3) is 0 Å². The van der Waals surface area contributed by atoms with Gasteiger partial charge in [0, 0.05) is 44.6 Å². The number of carbonyl (C=O) groups is 2. The molecule has 2 amide bonds. The molecule has 12 nitrogen and oxygen atoms in total. The Morgan fingerprint density at radius 1 is 1.11 bits per heavy atom. The highest BCUT2D eigenvalue weighted by molar-refractivity contribution is 6.29. The number of rotatable bonds is 8. The van der Waals surface area contributed by atoms with Crippen LogP contribution in [0.5, 0.6) is 11.5 Å². The summed E-state index contributed by atoms with van der Waals surface area (Å²) in [7, 11) is 4.44. The maximum Gasteiger partial charge on any atom is 0.410 e. The number of anilines is 1. The van der Waals surface area contributed by atoms with Gasteiger partial charge in [-0.15, -0.1) is 0 Å². The first-order chi connectivity index (χ1) is 17.9. The van der Waals surface area contributed by atoms with Crippen LogP contribution in [0.2, 0.25) is 5.15 Å². The van der Waals surface area contributed by atoms with E-state index < -0.39 is 12.1 Å². The second-order valence-corrected chi connectivity index (χ2v) is 8.56. The van der Waals surface area contributed by atoms with Gasteiger partial charge in [-0.1, -0.05) is 17.7 Å². The fourth-order valence-electron chi connectivity index (χ4n) is 4.08. The summed E-state index contributed by atoms with van der Waals surface area (Å²) in [5, 5.41) is 3.18. The number of benzene rings is 1. The second-order valence-electron chi connectivity index (χ2n) is 8.17. The molecule has 0 bridgehead atoms. The van der Waals surface area contributed by atoms with E-state index in [1.807, 2.05) is 23.1 Å². The number of aromatic nitrogens is 4. The lowest BCUT2D eigenvalue weighted by Gasteiger charge is -2.40. The molecule has 4 rings (SSSR count). The number of hydrogen-bond donors (Lipinski definition) is 1. The molecular weight excluding hydrogens is 502 g/mol. The highest BCUT2D eigenvalue weighted by Crippen LogP contribution is 2.27. The van der Waals surface area contributed by atoms with Crippen LogP contribution in [0.1, 0.15) is 5.56 Å². The van der Waals surface area contributed by atoms with Gasteiger partial charge in [-0.2, -0.15) is 4.98 Å². The Balaban J connectivity index is 1.47. The van der Waals surface area contributed by atoms with Crippen LogP contribution >= 0.6 is 11.6 Å². The van der Waals surface area contributed by atoms with Crippen molar-refractivity contribution in [3.05, 3.63) is 53.7 Å². The number of piperazine rings is 1. The molecule has 1 fully saturated rings. The van der Waals surface area contributed by atoms with Crippen LogP contribution in [0.4, 0.5) is 10.6 Å². The van der Waals surface area contributed by atoms with E-state index in [2.05, 4.69) is 20.3 Å². The summed E-state index contributed by atoms with van der Waals surface area (Å²) >= 11 is 6.26. The van der Waals surface area contributed by atoms with Gasteiger partial charge in [0.05, 0.1) is 21.3 Å². The van der Waals surface area contributed by atoms with Gasteiger partial charge in [-0.25, -0.2) is 14.8 Å². The Hall–Kier alpha value is -4.06. The van der Waals surface area contributed by atoms with Crippen LogP contribution in [0.25, 0.3) is 5.95 Å². The molecule has 1 aliphatic rings. The zero-order valence-corrected chi connectivity index (χ0v) is 21.5. The van der Waals surface area contributed by atoms with E-state index in [4.69, 9.17) is 25.8 Å². The number of carbonyl (C=O) groups excluding carboxylic acids is 2. The lowest BCUT2D eigenvalue weighted by Crippen LogP contribution is -2.61. The van der Waals surface area contributed by atoms with Crippen molar-refractivity contribution in [1.82, 2.24) is 29.7 Å². The SMILES string of the molecule is COC(=O)N1CCN(c2cc(Cl)nc(-n3ccnc3)n2)CC1C(=O)NCCc1ccc(OC)c(OC)c1. The number of methoxy groups -OCH3 is 3. The molecule has 1 atom stereocenters. The molecule has 0 spiro atoms. The largest absolute Gasteiger partial charge is 0.493 e. The molecule has 0 radical (unpaired) electrons. The molecule has 13 heteroatoms. The summed E-state index contributed by atoms with van der Waals surface area (Å²) in [5.74, 6) is 1.84. The summed E-state index contributed by atoms with van der Waals surface area (Å²) in [6, 6.07) is 6.43. The molecule has 1 aromatic carbocycles. The fraction of sp³-hybridized carbons (Fsp3) is 0.375. The first-order valence-electron chi connectivity index (χ1n) is 11.5. The normalized spacial score (nSPS) is 15.3. The van der Waals surface area contributed by atoms with Gasteiger partial charge in [0.2, 0.25) is 11.9 Å². The number of nitrogens with zero attached hydrogens (tertiary/aromatic N) is 6. The van der Waals surface area contributed by atoms with Gasteiger partial charge >= 0.3 is 6.09 Å². The van der Waals surface area contributed by atoms with Crippen molar-refractivity contribution in [2.24, 2.45) is 0 Å². The van der Waals surface area contributed by atoms with Crippen molar-refractivity contribution >= 4 is 29.4 Å². The minimum absolute atomic E-state index is 0.202. The third-order valence-corrected chi connectivity index (χ3v) is 6.18. The van der Waals surface area contributed by atoms with Gasteiger partial charge in [0.15, 0.2) is 11.5 Å². The summed E-state index contributed by atoms with van der Waals surface area (Å²) in [4.78, 5) is 41.8. The van der Waals surface area contributed by atoms with Gasteiger partial charge < -0.3 is 24.4 Å². The van der Waals surface area contributed by atoms with Crippen molar-refractivity contribution in [1.29, 1.82) is 0 Å². The number of hydrogen-bond acceptors (Lipinski definition) is 9. The van der Waals surface area contributed by atoms with Crippen LogP contribution < -0.4 is 19.7 Å². The summed E-state index contributed by atoms with van der Waals surface area (Å²) in [6.07, 6.45) is 4.89. The highest BCUT2D eigenvalue weighted by Gasteiger charge is 2.36. The van der Waals surface area contributed by atoms with E-state index in [1.54, 1.807) is 43.6 Å². The Kier molecular flexibility index (Phi) is 8.29. The monoisotopic (exact) mass is 529 g/mol. The predicted molar refractivity (Wildman–Crippen MR) is 136 cm³/mol. The molecule has 0 aliphatic carbocycles. The number of ether oxygens (including phenoxy) is 3. The van der Waals surface area contributed by atoms with Crippen LogP contribution in [-0.2, 0) is 16.0 Å². The third kappa shape index (κ3) is 6.02. The number of halogens is 1. The molecule has 1 unspecified atom stereocenters. The Labute approximate surface area is 219 Å². The van der Waals surface area contributed by atoms with E-state index >= 15 is 0 Å². The maximum atomic E-state index is 13.2. The Bertz CT molecular complexity index is 1240. The Morgan fingerprint density at radius 3 is 2.62 bits per heavy atom. The molecule has 1 aliphatic heterocycles. The molecular formula is C24H28ClN7O5. The highest BCUT2D eigenvalue weighted by atomic mass is 35.5. The minimum Gasteiger partial charge on any atom is -0.493 e. The zero-order valence-electron chi connectivity index (χ0n) is 20.8. The number of nitrogens with one attached hydrogen (secondary N) is 1. The zero-order chi connectivity index (χ0) is 26.4. The molecule has 37 heavy (non-hydrogen) atoms. The molecule has 3 aromatic rings. The van der Waals surface area contributed by atoms with Crippen LogP contribution in [0.3, 0.4) is 0 Å². The fourth-order valence-corrected chi connectivity index (χ4v) is 4.26. The summed E-state index contributed by atoms with van der Waals surface area (Å²) in [5.41, 5.74) is 0.968. The topological polar surface area (TPSA) is 124 Å². The first kappa shape index (κ1) is 26.0. The minimum atomic E-state index is -0.794. The van der Waals surface area contributed by atoms with Crippen molar-refractivity contribution in [2.75, 3.05) is 52.4 Å². The first-order valence-corrected chi connectivity index (χ1v) is 11.9. The Morgan fingerprint density at radius 2 is 1.92 bits per heavy atom. The predicted octanol–water partition coefficient (Wildman–Crippen LogP) is 1.95. The van der Waals surface area contributed by atoms with Crippen molar-refractivity contribution in [3.63, 3.8) is 0 Å². The van der Waals surface area contributed by atoms with E-state index in [9.17, 15) is 9.59 Å². The molecule has 1 saturated heterocycles. The number of imidazole rings is 1. The van der Waals surface area contributed by atoms with Crippen LogP contribution in [0.15, 0.2) is 43.0 Å². The average molecular weight is 530 g/mol. The number of amides is 2. The van der Waals surface area contributed by atoms with Gasteiger partial charge in [0.1, 0.15) is 23.3 Å². The lowest BCUT2D eigenvalue weighted by atomic mass is 10.1. The summed E-state index contributed by atoms with van der Waals surface area (Å²) in [6.45, 7) is 1.27. The van der Waals surface area contributed by atoms with Gasteiger partial charge in [-0.05, 0) is 24.1 Å². The van der Waals surface area contributed by atoms with Crippen molar-refractivity contribution in [2.45, 2.75) is 12.5 Å². The second kappa shape index (κ2) is 11.8. The van der Waals surface area contributed by atoms with Crippen LogP contribution in [-0.4, -0.2) is 90.0 Å².